The van der Waals surface area contributed by atoms with Crippen LogP contribution in [0, 0.1) is 0 Å². The molecule has 7 nitrogen and oxygen atoms in total. The van der Waals surface area contributed by atoms with Crippen molar-refractivity contribution in [1.29, 1.82) is 0 Å². The van der Waals surface area contributed by atoms with E-state index in [0.29, 0.717) is 13.1 Å². The molecule has 2 rings (SSSR count). The zero-order valence-electron chi connectivity index (χ0n) is 11.8. The van der Waals surface area contributed by atoms with Gasteiger partial charge in [0, 0.05) is 38.9 Å². The molecular weight excluding hydrogens is 274 g/mol. The van der Waals surface area contributed by atoms with Gasteiger partial charge in [-0.2, -0.15) is 0 Å². The maximum absolute atomic E-state index is 11.8. The molecule has 2 heterocycles. The molecule has 0 radical (unpaired) electrons. The van der Waals surface area contributed by atoms with Gasteiger partial charge in [-0.25, -0.2) is 4.79 Å². The fraction of sp³-hybridized carbons (Fsp3) is 0.500. The topological polar surface area (TPSA) is 83.0 Å². The van der Waals surface area contributed by atoms with E-state index < -0.39 is 12.6 Å². The highest BCUT2D eigenvalue weighted by Gasteiger charge is 2.21. The first-order valence-corrected chi connectivity index (χ1v) is 6.85. The monoisotopic (exact) mass is 293 g/mol. The number of pyridine rings is 1. The summed E-state index contributed by atoms with van der Waals surface area (Å²) in [5.41, 5.74) is 1.02. The van der Waals surface area contributed by atoms with Gasteiger partial charge in [-0.15, -0.1) is 0 Å². The number of carbonyl (C=O) groups is 2. The number of amides is 1. The fourth-order valence-corrected chi connectivity index (χ4v) is 2.19. The molecule has 1 aliphatic rings. The number of nitrogens with zero attached hydrogens (tertiary/aromatic N) is 3. The van der Waals surface area contributed by atoms with E-state index in [2.05, 4.69) is 9.88 Å². The molecular formula is C14H19N3O4. The molecule has 1 aliphatic heterocycles. The Labute approximate surface area is 123 Å². The first-order valence-electron chi connectivity index (χ1n) is 6.85. The number of carbonyl (C=O) groups excluding carboxylic acids is 1. The van der Waals surface area contributed by atoms with Crippen LogP contribution < -0.4 is 0 Å². The third-order valence-electron chi connectivity index (χ3n) is 3.29. The number of hydrogen-bond acceptors (Lipinski definition) is 5. The lowest BCUT2D eigenvalue weighted by atomic mass is 10.2. The molecule has 21 heavy (non-hydrogen) atoms. The lowest BCUT2D eigenvalue weighted by Gasteiger charge is -2.34. The molecule has 1 N–H and O–H groups in total. The van der Waals surface area contributed by atoms with Crippen LogP contribution in [0.2, 0.25) is 0 Å². The SMILES string of the molecule is O=C(O)COCC(=O)N1CCN(Cc2ccccn2)CC1. The van der Waals surface area contributed by atoms with Crippen molar-refractivity contribution >= 4 is 11.9 Å². The molecule has 114 valence electrons. The molecule has 1 aromatic rings. The molecule has 1 saturated heterocycles. The Balaban J connectivity index is 1.70. The van der Waals surface area contributed by atoms with Crippen molar-refractivity contribution in [1.82, 2.24) is 14.8 Å². The normalized spacial score (nSPS) is 15.9. The standard InChI is InChI=1S/C14H19N3O4/c18-13(10-21-11-14(19)20)17-7-5-16(6-8-17)9-12-3-1-2-4-15-12/h1-4H,5-11H2,(H,19,20). The Morgan fingerprint density at radius 1 is 1.19 bits per heavy atom. The molecule has 7 heteroatoms. The molecule has 0 atom stereocenters. The summed E-state index contributed by atoms with van der Waals surface area (Å²) < 4.78 is 4.82. The Morgan fingerprint density at radius 2 is 1.95 bits per heavy atom. The maximum atomic E-state index is 11.8. The highest BCUT2D eigenvalue weighted by Crippen LogP contribution is 2.06. The van der Waals surface area contributed by atoms with E-state index in [-0.39, 0.29) is 12.5 Å². The number of carboxylic acid groups (broad SMARTS) is 1. The van der Waals surface area contributed by atoms with E-state index in [9.17, 15) is 9.59 Å². The van der Waals surface area contributed by atoms with Crippen molar-refractivity contribution in [3.63, 3.8) is 0 Å². The lowest BCUT2D eigenvalue weighted by Crippen LogP contribution is -2.49. The zero-order chi connectivity index (χ0) is 15.1. The molecule has 0 bridgehead atoms. The van der Waals surface area contributed by atoms with Crippen LogP contribution in [0.3, 0.4) is 0 Å². The predicted molar refractivity (Wildman–Crippen MR) is 74.5 cm³/mol. The summed E-state index contributed by atoms with van der Waals surface area (Å²) in [4.78, 5) is 30.4. The van der Waals surface area contributed by atoms with Crippen molar-refractivity contribution in [2.75, 3.05) is 39.4 Å². The summed E-state index contributed by atoms with van der Waals surface area (Å²) in [5, 5.41) is 8.45. The molecule has 1 aromatic heterocycles. The first kappa shape index (κ1) is 15.4. The number of rotatable bonds is 6. The largest absolute Gasteiger partial charge is 0.480 e. The van der Waals surface area contributed by atoms with Gasteiger partial charge >= 0.3 is 5.97 Å². The van der Waals surface area contributed by atoms with E-state index in [1.165, 1.54) is 0 Å². The van der Waals surface area contributed by atoms with Crippen molar-refractivity contribution in [2.45, 2.75) is 6.54 Å². The van der Waals surface area contributed by atoms with Crippen LogP contribution in [0.25, 0.3) is 0 Å². The van der Waals surface area contributed by atoms with Crippen molar-refractivity contribution in [2.24, 2.45) is 0 Å². The third kappa shape index (κ3) is 5.13. The molecule has 0 spiro atoms. The minimum Gasteiger partial charge on any atom is -0.480 e. The van der Waals surface area contributed by atoms with Gasteiger partial charge < -0.3 is 14.7 Å². The van der Waals surface area contributed by atoms with Gasteiger partial charge in [-0.1, -0.05) is 6.07 Å². The second-order valence-corrected chi connectivity index (χ2v) is 4.86. The Bertz CT molecular complexity index is 472. The summed E-state index contributed by atoms with van der Waals surface area (Å²) in [7, 11) is 0. The van der Waals surface area contributed by atoms with Crippen LogP contribution in [0.15, 0.2) is 24.4 Å². The van der Waals surface area contributed by atoms with Gasteiger partial charge in [0.15, 0.2) is 0 Å². The smallest absolute Gasteiger partial charge is 0.329 e. The van der Waals surface area contributed by atoms with Crippen molar-refractivity contribution in [3.8, 4) is 0 Å². The number of hydrogen-bond donors (Lipinski definition) is 1. The van der Waals surface area contributed by atoms with Gasteiger partial charge in [0.05, 0.1) is 5.69 Å². The average molecular weight is 293 g/mol. The first-order chi connectivity index (χ1) is 10.1. The van der Waals surface area contributed by atoms with Gasteiger partial charge in [0.2, 0.25) is 5.91 Å². The number of carboxylic acids is 1. The zero-order valence-corrected chi connectivity index (χ0v) is 11.8. The van der Waals surface area contributed by atoms with E-state index in [1.54, 1.807) is 11.1 Å². The van der Waals surface area contributed by atoms with E-state index in [0.717, 1.165) is 25.3 Å². The van der Waals surface area contributed by atoms with Crippen LogP contribution in [0.1, 0.15) is 5.69 Å². The highest BCUT2D eigenvalue weighted by molar-refractivity contribution is 5.78. The molecule has 0 unspecified atom stereocenters. The number of aliphatic carboxylic acids is 1. The van der Waals surface area contributed by atoms with Gasteiger partial charge in [0.1, 0.15) is 13.2 Å². The van der Waals surface area contributed by atoms with Crippen LogP contribution in [-0.4, -0.2) is 71.2 Å². The Hall–Kier alpha value is -1.99. The van der Waals surface area contributed by atoms with E-state index in [4.69, 9.17) is 9.84 Å². The van der Waals surface area contributed by atoms with E-state index >= 15 is 0 Å². The summed E-state index contributed by atoms with van der Waals surface area (Å²) in [5.74, 6) is -1.23. The molecule has 1 amide bonds. The quantitative estimate of drug-likeness (QED) is 0.784. The molecule has 0 aliphatic carbocycles. The molecule has 1 fully saturated rings. The Morgan fingerprint density at radius 3 is 2.57 bits per heavy atom. The van der Waals surface area contributed by atoms with Crippen molar-refractivity contribution in [3.05, 3.63) is 30.1 Å². The van der Waals surface area contributed by atoms with Crippen LogP contribution in [0.4, 0.5) is 0 Å². The summed E-state index contributed by atoms with van der Waals surface area (Å²) in [6, 6.07) is 5.83. The van der Waals surface area contributed by atoms with Crippen molar-refractivity contribution < 1.29 is 19.4 Å². The maximum Gasteiger partial charge on any atom is 0.329 e. The van der Waals surface area contributed by atoms with Gasteiger partial charge in [-0.3, -0.25) is 14.7 Å². The third-order valence-corrected chi connectivity index (χ3v) is 3.29. The summed E-state index contributed by atoms with van der Waals surface area (Å²) in [6.07, 6.45) is 1.77. The van der Waals surface area contributed by atoms with Crippen LogP contribution in [0.5, 0.6) is 0 Å². The van der Waals surface area contributed by atoms with Gasteiger partial charge in [0.25, 0.3) is 0 Å². The lowest BCUT2D eigenvalue weighted by molar-refractivity contribution is -0.146. The van der Waals surface area contributed by atoms with Crippen LogP contribution in [-0.2, 0) is 20.9 Å². The number of aromatic nitrogens is 1. The minimum atomic E-state index is -1.07. The molecule has 0 aromatic carbocycles. The second-order valence-electron chi connectivity index (χ2n) is 4.86. The number of piperazine rings is 1. The van der Waals surface area contributed by atoms with Crippen LogP contribution >= 0.6 is 0 Å². The summed E-state index contributed by atoms with van der Waals surface area (Å²) >= 11 is 0. The number of ether oxygens (including phenoxy) is 1. The molecule has 0 saturated carbocycles. The minimum absolute atomic E-state index is 0.159. The second kappa shape index (κ2) is 7.70. The Kier molecular flexibility index (Phi) is 5.65. The average Bonchev–Trinajstić information content (AvgIpc) is 2.48. The van der Waals surface area contributed by atoms with E-state index in [1.807, 2.05) is 18.2 Å². The fourth-order valence-electron chi connectivity index (χ4n) is 2.19. The highest BCUT2D eigenvalue weighted by atomic mass is 16.5. The summed E-state index contributed by atoms with van der Waals surface area (Å²) in [6.45, 7) is 2.98. The van der Waals surface area contributed by atoms with Gasteiger partial charge in [-0.05, 0) is 12.1 Å². The predicted octanol–water partition coefficient (Wildman–Crippen LogP) is -0.173.